The van der Waals surface area contributed by atoms with Crippen LogP contribution in [0.1, 0.15) is 16.6 Å². The van der Waals surface area contributed by atoms with Crippen molar-refractivity contribution in [3.05, 3.63) is 27.1 Å². The molecule has 1 aliphatic heterocycles. The number of morpholine rings is 1. The molecule has 19 heavy (non-hydrogen) atoms. The summed E-state index contributed by atoms with van der Waals surface area (Å²) in [5.41, 5.74) is 0. The van der Waals surface area contributed by atoms with E-state index < -0.39 is 4.92 Å². The van der Waals surface area contributed by atoms with Crippen molar-refractivity contribution in [1.29, 1.82) is 0 Å². The number of hydrogen-bond donors (Lipinski definition) is 0. The summed E-state index contributed by atoms with van der Waals surface area (Å²) in [6, 6.07) is 2.87. The van der Waals surface area contributed by atoms with Gasteiger partial charge in [-0.05, 0) is 13.0 Å². The van der Waals surface area contributed by atoms with Crippen LogP contribution in [0.2, 0.25) is 0 Å². The minimum atomic E-state index is -0.481. The third-order valence-corrected chi connectivity index (χ3v) is 4.52. The average molecular weight is 349 g/mol. The number of nitro groups is 1. The number of rotatable bonds is 3. The van der Waals surface area contributed by atoms with Crippen LogP contribution in [-0.4, -0.2) is 46.4 Å². The number of hydrogen-bond acceptors (Lipinski definition) is 5. The standard InChI is InChI=1S/C11H13BrN2O4S/c1-7-5-13(6-8(4-12)18-7)11(15)9-2-3-10(19-9)14(16)17/h2-3,7-8H,4-6H2,1H3. The van der Waals surface area contributed by atoms with E-state index in [-0.39, 0.29) is 23.1 Å². The Bertz CT molecular complexity index is 493. The summed E-state index contributed by atoms with van der Waals surface area (Å²) < 4.78 is 5.65. The molecule has 2 heterocycles. The molecule has 6 nitrogen and oxygen atoms in total. The normalized spacial score (nSPS) is 23.4. The zero-order valence-corrected chi connectivity index (χ0v) is 12.6. The molecule has 1 aromatic rings. The van der Waals surface area contributed by atoms with Crippen LogP contribution < -0.4 is 0 Å². The second kappa shape index (κ2) is 5.98. The first kappa shape index (κ1) is 14.4. The van der Waals surface area contributed by atoms with Gasteiger partial charge in [-0.15, -0.1) is 0 Å². The van der Waals surface area contributed by atoms with Gasteiger partial charge >= 0.3 is 5.00 Å². The summed E-state index contributed by atoms with van der Waals surface area (Å²) in [6.07, 6.45) is -0.0714. The number of thiophene rings is 1. The number of ether oxygens (including phenoxy) is 1. The molecule has 8 heteroatoms. The largest absolute Gasteiger partial charge is 0.371 e. The fourth-order valence-electron chi connectivity index (χ4n) is 1.99. The Labute approximate surface area is 122 Å². The van der Waals surface area contributed by atoms with Crippen molar-refractivity contribution in [3.63, 3.8) is 0 Å². The van der Waals surface area contributed by atoms with Gasteiger partial charge in [0, 0.05) is 24.5 Å². The molecule has 1 saturated heterocycles. The summed E-state index contributed by atoms with van der Waals surface area (Å²) in [6.45, 7) is 2.92. The smallest absolute Gasteiger partial charge is 0.324 e. The second-order valence-corrected chi connectivity index (χ2v) is 6.04. The van der Waals surface area contributed by atoms with Crippen molar-refractivity contribution in [2.75, 3.05) is 18.4 Å². The molecule has 0 N–H and O–H groups in total. The lowest BCUT2D eigenvalue weighted by atomic mass is 10.2. The van der Waals surface area contributed by atoms with Crippen LogP contribution in [0.15, 0.2) is 12.1 Å². The van der Waals surface area contributed by atoms with Gasteiger partial charge in [0.15, 0.2) is 0 Å². The van der Waals surface area contributed by atoms with E-state index in [4.69, 9.17) is 4.74 Å². The topological polar surface area (TPSA) is 72.7 Å². The summed E-state index contributed by atoms with van der Waals surface area (Å²) in [4.78, 5) is 24.5. The Morgan fingerprint density at radius 1 is 1.63 bits per heavy atom. The van der Waals surface area contributed by atoms with Gasteiger partial charge in [0.05, 0.1) is 22.0 Å². The van der Waals surface area contributed by atoms with E-state index in [9.17, 15) is 14.9 Å². The highest BCUT2D eigenvalue weighted by Crippen LogP contribution is 2.26. The van der Waals surface area contributed by atoms with Gasteiger partial charge in [-0.25, -0.2) is 0 Å². The van der Waals surface area contributed by atoms with E-state index in [1.54, 1.807) is 4.90 Å². The molecule has 1 aromatic heterocycles. The van der Waals surface area contributed by atoms with Crippen molar-refractivity contribution < 1.29 is 14.5 Å². The van der Waals surface area contributed by atoms with E-state index in [0.717, 1.165) is 11.3 Å². The molecule has 0 aliphatic carbocycles. The fraction of sp³-hybridized carbons (Fsp3) is 0.545. The van der Waals surface area contributed by atoms with Crippen molar-refractivity contribution in [3.8, 4) is 0 Å². The van der Waals surface area contributed by atoms with Crippen LogP contribution in [0.5, 0.6) is 0 Å². The number of halogens is 1. The van der Waals surface area contributed by atoms with E-state index in [2.05, 4.69) is 15.9 Å². The van der Waals surface area contributed by atoms with Crippen molar-refractivity contribution in [2.45, 2.75) is 19.1 Å². The Hall–Kier alpha value is -0.990. The lowest BCUT2D eigenvalue weighted by molar-refractivity contribution is -0.380. The molecule has 2 rings (SSSR count). The number of carbonyl (C=O) groups is 1. The molecule has 1 amide bonds. The van der Waals surface area contributed by atoms with Crippen LogP contribution in [-0.2, 0) is 4.74 Å². The highest BCUT2D eigenvalue weighted by molar-refractivity contribution is 9.09. The Morgan fingerprint density at radius 2 is 2.37 bits per heavy atom. The minimum absolute atomic E-state index is 0.0123. The van der Waals surface area contributed by atoms with E-state index in [1.165, 1.54) is 12.1 Å². The Kier molecular flexibility index (Phi) is 4.54. The maximum atomic E-state index is 12.3. The summed E-state index contributed by atoms with van der Waals surface area (Å²) in [5, 5.41) is 11.3. The molecule has 0 saturated carbocycles. The monoisotopic (exact) mass is 348 g/mol. The Balaban J connectivity index is 2.11. The van der Waals surface area contributed by atoms with Gasteiger partial charge < -0.3 is 9.64 Å². The third-order valence-electron chi connectivity index (χ3n) is 2.77. The van der Waals surface area contributed by atoms with Gasteiger partial charge in [-0.3, -0.25) is 14.9 Å². The molecule has 0 aromatic carbocycles. The molecule has 2 atom stereocenters. The summed E-state index contributed by atoms with van der Waals surface area (Å²) in [5.74, 6) is -0.167. The quantitative estimate of drug-likeness (QED) is 0.477. The maximum Gasteiger partial charge on any atom is 0.324 e. The number of carbonyl (C=O) groups excluding carboxylic acids is 1. The average Bonchev–Trinajstić information content (AvgIpc) is 2.86. The summed E-state index contributed by atoms with van der Waals surface area (Å²) in [7, 11) is 0. The SMILES string of the molecule is CC1CN(C(=O)c2ccc([N+](=O)[O-])s2)CC(CBr)O1. The van der Waals surface area contributed by atoms with E-state index >= 15 is 0 Å². The fourth-order valence-corrected chi connectivity index (χ4v) is 3.14. The number of amides is 1. The van der Waals surface area contributed by atoms with Crippen molar-refractivity contribution in [1.82, 2.24) is 4.90 Å². The van der Waals surface area contributed by atoms with Crippen LogP contribution in [0, 0.1) is 10.1 Å². The molecule has 2 unspecified atom stereocenters. The molecule has 0 spiro atoms. The molecule has 1 aliphatic rings. The van der Waals surface area contributed by atoms with Crippen molar-refractivity contribution in [2.24, 2.45) is 0 Å². The van der Waals surface area contributed by atoms with Crippen molar-refractivity contribution >= 4 is 38.2 Å². The van der Waals surface area contributed by atoms with Gasteiger partial charge in [0.1, 0.15) is 0 Å². The predicted octanol–water partition coefficient (Wildman–Crippen LogP) is 2.28. The lowest BCUT2D eigenvalue weighted by Gasteiger charge is -2.35. The predicted molar refractivity (Wildman–Crippen MR) is 75.0 cm³/mol. The second-order valence-electron chi connectivity index (χ2n) is 4.33. The highest BCUT2D eigenvalue weighted by Gasteiger charge is 2.29. The van der Waals surface area contributed by atoms with Crippen LogP contribution in [0.3, 0.4) is 0 Å². The number of alkyl halides is 1. The molecule has 1 fully saturated rings. The molecular formula is C11H13BrN2O4S. The first-order valence-electron chi connectivity index (χ1n) is 5.76. The molecular weight excluding hydrogens is 336 g/mol. The third kappa shape index (κ3) is 3.31. The summed E-state index contributed by atoms with van der Waals surface area (Å²) >= 11 is 4.25. The van der Waals surface area contributed by atoms with Gasteiger partial charge in [0.25, 0.3) is 5.91 Å². The zero-order chi connectivity index (χ0) is 14.0. The lowest BCUT2D eigenvalue weighted by Crippen LogP contribution is -2.49. The highest BCUT2D eigenvalue weighted by atomic mass is 79.9. The van der Waals surface area contributed by atoms with E-state index in [0.29, 0.717) is 23.3 Å². The maximum absolute atomic E-state index is 12.3. The van der Waals surface area contributed by atoms with Crippen LogP contribution in [0.4, 0.5) is 5.00 Å². The van der Waals surface area contributed by atoms with Crippen LogP contribution >= 0.6 is 27.3 Å². The molecule has 104 valence electrons. The van der Waals surface area contributed by atoms with Gasteiger partial charge in [0.2, 0.25) is 0 Å². The van der Waals surface area contributed by atoms with Gasteiger partial charge in [-0.1, -0.05) is 27.3 Å². The minimum Gasteiger partial charge on any atom is -0.371 e. The zero-order valence-electron chi connectivity index (χ0n) is 10.2. The molecule has 0 radical (unpaired) electrons. The first-order valence-corrected chi connectivity index (χ1v) is 7.70. The number of nitrogens with zero attached hydrogens (tertiary/aromatic N) is 2. The molecule has 0 bridgehead atoms. The van der Waals surface area contributed by atoms with Crippen LogP contribution in [0.25, 0.3) is 0 Å². The Morgan fingerprint density at radius 3 is 2.95 bits per heavy atom. The van der Waals surface area contributed by atoms with Gasteiger partial charge in [-0.2, -0.15) is 0 Å². The van der Waals surface area contributed by atoms with E-state index in [1.807, 2.05) is 6.92 Å². The first-order chi connectivity index (χ1) is 9.01.